The first-order valence-electron chi connectivity index (χ1n) is 3.66. The molecule has 0 radical (unpaired) electrons. The van der Waals surface area contributed by atoms with Gasteiger partial charge in [0.2, 0.25) is 0 Å². The van der Waals surface area contributed by atoms with Gasteiger partial charge >= 0.3 is 29.6 Å². The summed E-state index contributed by atoms with van der Waals surface area (Å²) in [7, 11) is -2.93. The second-order valence-electron chi connectivity index (χ2n) is 2.53. The van der Waals surface area contributed by atoms with Gasteiger partial charge in [0.1, 0.15) is 4.90 Å². The van der Waals surface area contributed by atoms with Crippen LogP contribution in [-0.2, 0) is 14.3 Å². The third-order valence-corrected chi connectivity index (χ3v) is 3.30. The molecule has 0 aliphatic carbocycles. The minimum atomic E-state index is -3.91. The fourth-order valence-electron chi connectivity index (χ4n) is 0.901. The Bertz CT molecular complexity index is 501. The van der Waals surface area contributed by atoms with Gasteiger partial charge < -0.3 is 0 Å². The fraction of sp³-hybridized carbons (Fsp3) is 0.143. The van der Waals surface area contributed by atoms with Crippen molar-refractivity contribution in [2.24, 2.45) is 0 Å². The Hall–Kier alpha value is -0.120. The van der Waals surface area contributed by atoms with Gasteiger partial charge in [-0.2, -0.15) is 8.42 Å². The molecule has 6 nitrogen and oxygen atoms in total. The topological polar surface area (TPSA) is 86.5 Å². The zero-order valence-corrected chi connectivity index (χ0v) is 12.3. The van der Waals surface area contributed by atoms with Crippen LogP contribution in [0.15, 0.2) is 28.0 Å². The zero-order chi connectivity index (χ0) is 11.6. The maximum atomic E-state index is 11.2. The second kappa shape index (κ2) is 5.99. The molecule has 0 saturated carbocycles. The van der Waals surface area contributed by atoms with Crippen molar-refractivity contribution >= 4 is 28.4 Å². The van der Waals surface area contributed by atoms with Gasteiger partial charge in [-0.15, -0.1) is 12.6 Å². The Morgan fingerprint density at radius 3 is 2.44 bits per heavy atom. The van der Waals surface area contributed by atoms with Gasteiger partial charge in [-0.1, -0.05) is 0 Å². The van der Waals surface area contributed by atoms with E-state index in [1.807, 2.05) is 0 Å². The molecular formula is C7H7NNaO5S2+. The van der Waals surface area contributed by atoms with Crippen LogP contribution in [0.5, 0.6) is 0 Å². The van der Waals surface area contributed by atoms with Crippen molar-refractivity contribution in [3.05, 3.63) is 28.3 Å². The van der Waals surface area contributed by atoms with Crippen molar-refractivity contribution in [2.75, 3.05) is 7.11 Å². The van der Waals surface area contributed by atoms with Crippen LogP contribution < -0.4 is 29.6 Å². The quantitative estimate of drug-likeness (QED) is 0.231. The van der Waals surface area contributed by atoms with Crippen molar-refractivity contribution in [3.8, 4) is 0 Å². The number of nitro benzene ring substituents is 1. The summed E-state index contributed by atoms with van der Waals surface area (Å²) in [5.41, 5.74) is -0.378. The Morgan fingerprint density at radius 1 is 1.44 bits per heavy atom. The Morgan fingerprint density at radius 2 is 2.00 bits per heavy atom. The molecule has 0 fully saturated rings. The van der Waals surface area contributed by atoms with Crippen LogP contribution in [0.1, 0.15) is 0 Å². The number of nitrogens with zero attached hydrogens (tertiary/aromatic N) is 1. The monoisotopic (exact) mass is 272 g/mol. The molecule has 0 unspecified atom stereocenters. The molecule has 9 heteroatoms. The van der Waals surface area contributed by atoms with E-state index in [2.05, 4.69) is 16.8 Å². The summed E-state index contributed by atoms with van der Waals surface area (Å²) < 4.78 is 26.7. The van der Waals surface area contributed by atoms with Gasteiger partial charge in [-0.25, -0.2) is 0 Å². The van der Waals surface area contributed by atoms with Crippen LogP contribution in [0.4, 0.5) is 5.69 Å². The van der Waals surface area contributed by atoms with Crippen LogP contribution in [0.3, 0.4) is 0 Å². The molecule has 0 aliphatic heterocycles. The molecule has 0 spiro atoms. The van der Waals surface area contributed by atoms with E-state index in [4.69, 9.17) is 0 Å². The molecule has 0 heterocycles. The van der Waals surface area contributed by atoms with Crippen molar-refractivity contribution < 1.29 is 47.1 Å². The largest absolute Gasteiger partial charge is 1.00 e. The summed E-state index contributed by atoms with van der Waals surface area (Å²) in [6.07, 6.45) is 0. The smallest absolute Gasteiger partial charge is 0.270 e. The summed E-state index contributed by atoms with van der Waals surface area (Å²) in [5, 5.41) is 10.5. The van der Waals surface area contributed by atoms with Crippen LogP contribution in [0.2, 0.25) is 0 Å². The predicted octanol–water partition coefficient (Wildman–Crippen LogP) is -1.78. The number of nitro groups is 1. The third-order valence-electron chi connectivity index (χ3n) is 1.65. The molecule has 0 aromatic heterocycles. The summed E-state index contributed by atoms with van der Waals surface area (Å²) >= 11 is 3.83. The third kappa shape index (κ3) is 3.44. The predicted molar refractivity (Wildman–Crippen MR) is 54.5 cm³/mol. The number of thiol groups is 1. The molecular weight excluding hydrogens is 265 g/mol. The van der Waals surface area contributed by atoms with E-state index in [0.29, 0.717) is 0 Å². The van der Waals surface area contributed by atoms with Crippen molar-refractivity contribution in [1.82, 2.24) is 0 Å². The van der Waals surface area contributed by atoms with Gasteiger partial charge in [0, 0.05) is 6.07 Å². The average Bonchev–Trinajstić information content (AvgIpc) is 2.17. The molecule has 0 atom stereocenters. The van der Waals surface area contributed by atoms with Gasteiger partial charge in [-0.3, -0.25) is 14.3 Å². The van der Waals surface area contributed by atoms with Gasteiger partial charge in [0.25, 0.3) is 15.8 Å². The van der Waals surface area contributed by atoms with Crippen molar-refractivity contribution in [2.45, 2.75) is 9.79 Å². The molecule has 0 saturated heterocycles. The van der Waals surface area contributed by atoms with Crippen molar-refractivity contribution in [3.63, 3.8) is 0 Å². The van der Waals surface area contributed by atoms with E-state index in [-0.39, 0.29) is 45.0 Å². The Kier molecular flexibility index (Phi) is 5.94. The van der Waals surface area contributed by atoms with E-state index >= 15 is 0 Å². The van der Waals surface area contributed by atoms with E-state index < -0.39 is 15.0 Å². The van der Waals surface area contributed by atoms with E-state index in [1.165, 1.54) is 12.1 Å². The summed E-state index contributed by atoms with van der Waals surface area (Å²) in [6.45, 7) is 0. The zero-order valence-electron chi connectivity index (χ0n) is 8.58. The number of benzene rings is 1. The maximum Gasteiger partial charge on any atom is 1.00 e. The van der Waals surface area contributed by atoms with Gasteiger partial charge in [-0.05, 0) is 12.1 Å². The number of rotatable bonds is 3. The average molecular weight is 272 g/mol. The normalized spacial score (nSPS) is 10.6. The Balaban J connectivity index is 0.00000225. The van der Waals surface area contributed by atoms with Gasteiger partial charge in [0.15, 0.2) is 0 Å². The first kappa shape index (κ1) is 15.9. The molecule has 1 aromatic carbocycles. The molecule has 0 amide bonds. The molecule has 16 heavy (non-hydrogen) atoms. The van der Waals surface area contributed by atoms with Crippen LogP contribution in [0, 0.1) is 10.1 Å². The maximum absolute atomic E-state index is 11.2. The van der Waals surface area contributed by atoms with E-state index in [0.717, 1.165) is 13.2 Å². The van der Waals surface area contributed by atoms with E-state index in [1.54, 1.807) is 0 Å². The van der Waals surface area contributed by atoms with Crippen LogP contribution >= 0.6 is 12.6 Å². The molecule has 0 bridgehead atoms. The summed E-state index contributed by atoms with van der Waals surface area (Å²) in [4.78, 5) is 9.62. The first-order chi connectivity index (χ1) is 6.88. The minimum Gasteiger partial charge on any atom is -0.270 e. The first-order valence-corrected chi connectivity index (χ1v) is 5.52. The molecule has 0 N–H and O–H groups in total. The summed E-state index contributed by atoms with van der Waals surface area (Å²) in [5.74, 6) is 0. The molecule has 1 rings (SSSR count). The second-order valence-corrected chi connectivity index (χ2v) is 4.72. The number of hydrogen-bond donors (Lipinski definition) is 1. The summed E-state index contributed by atoms with van der Waals surface area (Å²) in [6, 6.07) is 3.32. The molecule has 1 aromatic rings. The SMILES string of the molecule is COS(=O)(=O)c1ccc(S)c([N+](=O)[O-])c1.[Na+]. The molecule has 0 aliphatic rings. The van der Waals surface area contributed by atoms with Crippen LogP contribution in [0.25, 0.3) is 0 Å². The number of hydrogen-bond acceptors (Lipinski definition) is 6. The van der Waals surface area contributed by atoms with E-state index in [9.17, 15) is 18.5 Å². The minimum absolute atomic E-state index is 0. The van der Waals surface area contributed by atoms with Crippen molar-refractivity contribution in [1.29, 1.82) is 0 Å². The molecule has 82 valence electrons. The van der Waals surface area contributed by atoms with Gasteiger partial charge in [0.05, 0.1) is 16.9 Å². The standard InChI is InChI=1S/C7H7NO5S2.Na/c1-13-15(11,12)5-2-3-7(14)6(4-5)8(9)10;/h2-4,14H,1H3;/q;+1. The Labute approximate surface area is 120 Å². The fourth-order valence-corrected chi connectivity index (χ4v) is 1.81. The van der Waals surface area contributed by atoms with Crippen LogP contribution in [-0.4, -0.2) is 20.5 Å².